The highest BCUT2D eigenvalue weighted by atomic mass is 16.5. The molecule has 1 amide bonds. The molecule has 0 aliphatic heterocycles. The first-order chi connectivity index (χ1) is 10.6. The molecule has 0 unspecified atom stereocenters. The van der Waals surface area contributed by atoms with Crippen molar-refractivity contribution in [3.63, 3.8) is 0 Å². The molecule has 22 heavy (non-hydrogen) atoms. The number of rotatable bonds is 4. The number of nitrogens with one attached hydrogen (secondary N) is 1. The van der Waals surface area contributed by atoms with Crippen LogP contribution < -0.4 is 10.2 Å². The summed E-state index contributed by atoms with van der Waals surface area (Å²) in [6.45, 7) is 0. The van der Waals surface area contributed by atoms with Gasteiger partial charge in [0.15, 0.2) is 11.5 Å². The van der Waals surface area contributed by atoms with Crippen molar-refractivity contribution >= 4 is 12.1 Å². The van der Waals surface area contributed by atoms with E-state index in [2.05, 4.69) is 10.5 Å². The van der Waals surface area contributed by atoms with Crippen LogP contribution in [-0.4, -0.2) is 24.3 Å². The minimum atomic E-state index is -0.383. The van der Waals surface area contributed by atoms with Crippen LogP contribution in [0.15, 0.2) is 47.6 Å². The molecule has 0 radical (unpaired) electrons. The highest BCUT2D eigenvalue weighted by Gasteiger charge is 2.04. The summed E-state index contributed by atoms with van der Waals surface area (Å²) < 4.78 is 4.98. The summed E-state index contributed by atoms with van der Waals surface area (Å²) in [4.78, 5) is 11.8. The molecule has 2 aromatic rings. The molecule has 0 atom stereocenters. The van der Waals surface area contributed by atoms with Gasteiger partial charge in [-0.05, 0) is 48.0 Å². The Labute approximate surface area is 127 Å². The summed E-state index contributed by atoms with van der Waals surface area (Å²) in [6, 6.07) is 12.9. The van der Waals surface area contributed by atoms with Gasteiger partial charge in [0.2, 0.25) is 0 Å². The first-order valence-electron chi connectivity index (χ1n) is 6.34. The number of nitrogens with zero attached hydrogens (tertiary/aromatic N) is 2. The third-order valence-corrected chi connectivity index (χ3v) is 2.86. The van der Waals surface area contributed by atoms with E-state index in [0.717, 1.165) is 0 Å². The van der Waals surface area contributed by atoms with Crippen molar-refractivity contribution in [2.75, 3.05) is 7.11 Å². The molecule has 0 aromatic heterocycles. The summed E-state index contributed by atoms with van der Waals surface area (Å²) in [5, 5.41) is 22.0. The van der Waals surface area contributed by atoms with E-state index in [4.69, 9.17) is 10.00 Å². The number of phenols is 1. The maximum absolute atomic E-state index is 11.8. The molecule has 2 rings (SSSR count). The topological polar surface area (TPSA) is 94.7 Å². The van der Waals surface area contributed by atoms with Crippen molar-refractivity contribution in [3.8, 4) is 17.6 Å². The summed E-state index contributed by atoms with van der Waals surface area (Å²) in [5.41, 5.74) is 3.93. The van der Waals surface area contributed by atoms with Gasteiger partial charge in [-0.2, -0.15) is 10.4 Å². The van der Waals surface area contributed by atoms with Crippen molar-refractivity contribution in [2.24, 2.45) is 5.10 Å². The minimum Gasteiger partial charge on any atom is -0.504 e. The summed E-state index contributed by atoms with van der Waals surface area (Å²) in [6.07, 6.45) is 1.43. The Bertz CT molecular complexity index is 746. The Morgan fingerprint density at radius 1 is 1.32 bits per heavy atom. The third-order valence-electron chi connectivity index (χ3n) is 2.86. The van der Waals surface area contributed by atoms with E-state index < -0.39 is 0 Å². The van der Waals surface area contributed by atoms with Crippen molar-refractivity contribution < 1.29 is 14.6 Å². The van der Waals surface area contributed by atoms with Crippen LogP contribution in [0.2, 0.25) is 0 Å². The van der Waals surface area contributed by atoms with Gasteiger partial charge in [-0.15, -0.1) is 0 Å². The number of carbonyl (C=O) groups is 1. The fraction of sp³-hybridized carbons (Fsp3) is 0.0625. The number of aromatic hydroxyl groups is 1. The molecular weight excluding hydrogens is 282 g/mol. The molecule has 0 fully saturated rings. The smallest absolute Gasteiger partial charge is 0.271 e. The number of methoxy groups -OCH3 is 1. The Morgan fingerprint density at radius 2 is 2.05 bits per heavy atom. The number of phenolic OH excluding ortho intramolecular Hbond substituents is 1. The van der Waals surface area contributed by atoms with Gasteiger partial charge in [0.05, 0.1) is 25.0 Å². The van der Waals surface area contributed by atoms with Crippen molar-refractivity contribution in [3.05, 3.63) is 59.2 Å². The van der Waals surface area contributed by atoms with Gasteiger partial charge in [-0.25, -0.2) is 5.43 Å². The van der Waals surface area contributed by atoms with E-state index in [1.54, 1.807) is 36.4 Å². The van der Waals surface area contributed by atoms with E-state index in [-0.39, 0.29) is 11.7 Å². The molecule has 110 valence electrons. The fourth-order valence-electron chi connectivity index (χ4n) is 1.70. The number of ether oxygens (including phenoxy) is 1. The molecule has 0 aliphatic carbocycles. The van der Waals surface area contributed by atoms with Crippen LogP contribution in [-0.2, 0) is 0 Å². The standard InChI is InChI=1S/C16H13N3O3/c1-22-15-8-12(4-7-14(15)20)10-18-19-16(21)13-5-2-11(9-17)3-6-13/h2-8,10,20H,1H3,(H,19,21)/b18-10-. The molecule has 0 saturated carbocycles. The Balaban J connectivity index is 2.02. The number of hydrazone groups is 1. The molecule has 2 N–H and O–H groups in total. The lowest BCUT2D eigenvalue weighted by Gasteiger charge is -2.03. The number of amides is 1. The third kappa shape index (κ3) is 3.61. The minimum absolute atomic E-state index is 0.0290. The Morgan fingerprint density at radius 3 is 2.68 bits per heavy atom. The average Bonchev–Trinajstić information content (AvgIpc) is 2.56. The second-order valence-electron chi connectivity index (χ2n) is 4.32. The number of carbonyl (C=O) groups excluding carboxylic acids is 1. The van der Waals surface area contributed by atoms with Crippen LogP contribution in [0, 0.1) is 11.3 Å². The van der Waals surface area contributed by atoms with Gasteiger partial charge in [0.1, 0.15) is 0 Å². The van der Waals surface area contributed by atoms with Gasteiger partial charge in [0, 0.05) is 5.56 Å². The van der Waals surface area contributed by atoms with Gasteiger partial charge >= 0.3 is 0 Å². The first-order valence-corrected chi connectivity index (χ1v) is 6.34. The van der Waals surface area contributed by atoms with E-state index in [1.165, 1.54) is 19.4 Å². The van der Waals surface area contributed by atoms with Crippen LogP contribution >= 0.6 is 0 Å². The monoisotopic (exact) mass is 295 g/mol. The molecule has 6 heteroatoms. The molecule has 0 bridgehead atoms. The first kappa shape index (κ1) is 15.1. The van der Waals surface area contributed by atoms with Crippen molar-refractivity contribution in [2.45, 2.75) is 0 Å². The molecule has 0 aliphatic rings. The van der Waals surface area contributed by atoms with Gasteiger partial charge in [0.25, 0.3) is 5.91 Å². The predicted molar refractivity (Wildman–Crippen MR) is 80.9 cm³/mol. The molecule has 0 spiro atoms. The molecule has 0 saturated heterocycles. The zero-order valence-corrected chi connectivity index (χ0v) is 11.8. The summed E-state index contributed by atoms with van der Waals surface area (Å²) in [5.74, 6) is -0.0323. The summed E-state index contributed by atoms with van der Waals surface area (Å²) in [7, 11) is 1.45. The van der Waals surface area contributed by atoms with Gasteiger partial charge in [-0.3, -0.25) is 4.79 Å². The van der Waals surface area contributed by atoms with Crippen LogP contribution in [0.1, 0.15) is 21.5 Å². The van der Waals surface area contributed by atoms with E-state index in [0.29, 0.717) is 22.4 Å². The average molecular weight is 295 g/mol. The van der Waals surface area contributed by atoms with E-state index >= 15 is 0 Å². The van der Waals surface area contributed by atoms with E-state index in [9.17, 15) is 9.90 Å². The van der Waals surface area contributed by atoms with Crippen molar-refractivity contribution in [1.29, 1.82) is 5.26 Å². The number of benzene rings is 2. The number of nitriles is 1. The lowest BCUT2D eigenvalue weighted by molar-refractivity contribution is 0.0955. The molecule has 6 nitrogen and oxygen atoms in total. The largest absolute Gasteiger partial charge is 0.504 e. The fourth-order valence-corrected chi connectivity index (χ4v) is 1.70. The zero-order chi connectivity index (χ0) is 15.9. The lowest BCUT2D eigenvalue weighted by atomic mass is 10.1. The van der Waals surface area contributed by atoms with Crippen LogP contribution in [0.3, 0.4) is 0 Å². The van der Waals surface area contributed by atoms with Crippen LogP contribution in [0.5, 0.6) is 11.5 Å². The molecule has 2 aromatic carbocycles. The van der Waals surface area contributed by atoms with E-state index in [1.807, 2.05) is 6.07 Å². The highest BCUT2D eigenvalue weighted by Crippen LogP contribution is 2.25. The maximum Gasteiger partial charge on any atom is 0.271 e. The van der Waals surface area contributed by atoms with Crippen LogP contribution in [0.4, 0.5) is 0 Å². The molecule has 0 heterocycles. The Hall–Kier alpha value is -3.33. The van der Waals surface area contributed by atoms with Crippen LogP contribution in [0.25, 0.3) is 0 Å². The molecular formula is C16H13N3O3. The van der Waals surface area contributed by atoms with Crippen molar-refractivity contribution in [1.82, 2.24) is 5.43 Å². The highest BCUT2D eigenvalue weighted by molar-refractivity contribution is 5.95. The normalized spacial score (nSPS) is 10.2. The SMILES string of the molecule is COc1cc(/C=N\NC(=O)c2ccc(C#N)cc2)ccc1O. The summed E-state index contributed by atoms with van der Waals surface area (Å²) >= 11 is 0. The maximum atomic E-state index is 11.8. The predicted octanol–water partition coefficient (Wildman–Crippen LogP) is 2.04. The number of hydrogen-bond donors (Lipinski definition) is 2. The Kier molecular flexibility index (Phi) is 4.73. The lowest BCUT2D eigenvalue weighted by Crippen LogP contribution is -2.17. The zero-order valence-electron chi connectivity index (χ0n) is 11.8. The van der Waals surface area contributed by atoms with Gasteiger partial charge in [-0.1, -0.05) is 0 Å². The number of hydrogen-bond acceptors (Lipinski definition) is 5. The second kappa shape index (κ2) is 6.90. The van der Waals surface area contributed by atoms with Gasteiger partial charge < -0.3 is 9.84 Å². The quantitative estimate of drug-likeness (QED) is 0.666. The second-order valence-corrected chi connectivity index (χ2v) is 4.32.